The van der Waals surface area contributed by atoms with Crippen LogP contribution in [0.25, 0.3) is 0 Å². The minimum absolute atomic E-state index is 0. The Kier molecular flexibility index (Phi) is 8.15. The van der Waals surface area contributed by atoms with Crippen molar-refractivity contribution in [3.05, 3.63) is 59.7 Å². The van der Waals surface area contributed by atoms with Crippen LogP contribution in [0.2, 0.25) is 0 Å². The quantitative estimate of drug-likeness (QED) is 0.766. The van der Waals surface area contributed by atoms with Gasteiger partial charge in [-0.25, -0.2) is 0 Å². The van der Waals surface area contributed by atoms with Crippen LogP contribution >= 0.6 is 12.4 Å². The number of nitrogens with one attached hydrogen (secondary N) is 1. The molecule has 0 bridgehead atoms. The molecule has 1 aliphatic rings. The third-order valence-electron chi connectivity index (χ3n) is 5.23. The third-order valence-corrected chi connectivity index (χ3v) is 5.23. The Morgan fingerprint density at radius 2 is 1.61 bits per heavy atom. The van der Waals surface area contributed by atoms with E-state index in [1.54, 1.807) is 14.2 Å². The molecule has 0 heterocycles. The van der Waals surface area contributed by atoms with E-state index in [1.807, 2.05) is 48.5 Å². The van der Waals surface area contributed by atoms with Crippen LogP contribution in [0, 0.1) is 5.92 Å². The minimum atomic E-state index is -0.277. The Morgan fingerprint density at radius 1 is 1.04 bits per heavy atom. The largest absolute Gasteiger partial charge is 0.497 e. The summed E-state index contributed by atoms with van der Waals surface area (Å²) in [6.45, 7) is 0. The van der Waals surface area contributed by atoms with Crippen molar-refractivity contribution in [1.82, 2.24) is 5.32 Å². The van der Waals surface area contributed by atoms with Crippen molar-refractivity contribution in [3.8, 4) is 11.5 Å². The van der Waals surface area contributed by atoms with Gasteiger partial charge >= 0.3 is 0 Å². The zero-order chi connectivity index (χ0) is 19.2. The lowest BCUT2D eigenvalue weighted by Crippen LogP contribution is -2.39. The van der Waals surface area contributed by atoms with Gasteiger partial charge in [0, 0.05) is 12.0 Å². The topological polar surface area (TPSA) is 73.6 Å². The van der Waals surface area contributed by atoms with Gasteiger partial charge in [0.25, 0.3) is 0 Å². The summed E-state index contributed by atoms with van der Waals surface area (Å²) in [6.07, 6.45) is 3.64. The van der Waals surface area contributed by atoms with Crippen LogP contribution in [0.5, 0.6) is 11.5 Å². The number of ether oxygens (including phenoxy) is 2. The van der Waals surface area contributed by atoms with E-state index in [1.165, 1.54) is 0 Å². The normalized spacial score (nSPS) is 18.9. The highest BCUT2D eigenvalue weighted by atomic mass is 35.5. The smallest absolute Gasteiger partial charge is 0.223 e. The summed E-state index contributed by atoms with van der Waals surface area (Å²) in [5, 5.41) is 3.24. The van der Waals surface area contributed by atoms with Gasteiger partial charge in [-0.3, -0.25) is 4.79 Å². The van der Waals surface area contributed by atoms with Crippen molar-refractivity contribution >= 4 is 18.3 Å². The van der Waals surface area contributed by atoms with Gasteiger partial charge in [0.05, 0.1) is 20.3 Å². The second kappa shape index (κ2) is 10.3. The van der Waals surface area contributed by atoms with Crippen LogP contribution in [0.3, 0.4) is 0 Å². The minimum Gasteiger partial charge on any atom is -0.497 e. The van der Waals surface area contributed by atoms with Crippen molar-refractivity contribution in [2.45, 2.75) is 37.8 Å². The second-order valence-electron chi connectivity index (χ2n) is 7.12. The SMILES string of the molecule is COc1cccc(C(NC(=O)C2CCCC(N)C2)c2cccc(OC)c2)c1.Cl. The van der Waals surface area contributed by atoms with Crippen LogP contribution in [-0.4, -0.2) is 26.2 Å². The zero-order valence-electron chi connectivity index (χ0n) is 16.4. The van der Waals surface area contributed by atoms with Gasteiger partial charge in [0.15, 0.2) is 0 Å². The van der Waals surface area contributed by atoms with E-state index in [9.17, 15) is 4.79 Å². The molecule has 2 atom stereocenters. The van der Waals surface area contributed by atoms with Crippen molar-refractivity contribution in [3.63, 3.8) is 0 Å². The predicted molar refractivity (Wildman–Crippen MR) is 113 cm³/mol. The Morgan fingerprint density at radius 3 is 2.11 bits per heavy atom. The Balaban J connectivity index is 0.00000280. The number of hydrogen-bond donors (Lipinski definition) is 2. The fourth-order valence-corrected chi connectivity index (χ4v) is 3.73. The number of carbonyl (C=O) groups excluding carboxylic acids is 1. The van der Waals surface area contributed by atoms with E-state index >= 15 is 0 Å². The summed E-state index contributed by atoms with van der Waals surface area (Å²) in [5.74, 6) is 1.54. The Hall–Kier alpha value is -2.24. The molecule has 0 saturated heterocycles. The molecule has 0 spiro atoms. The van der Waals surface area contributed by atoms with Crippen molar-refractivity contribution in [2.24, 2.45) is 11.7 Å². The molecule has 0 aromatic heterocycles. The summed E-state index contributed by atoms with van der Waals surface area (Å²) >= 11 is 0. The summed E-state index contributed by atoms with van der Waals surface area (Å²) in [5.41, 5.74) is 8.02. The Bertz CT molecular complexity index is 736. The summed E-state index contributed by atoms with van der Waals surface area (Å²) < 4.78 is 10.7. The van der Waals surface area contributed by atoms with E-state index in [2.05, 4.69) is 5.32 Å². The molecule has 28 heavy (non-hydrogen) atoms. The molecule has 1 aliphatic carbocycles. The molecule has 6 heteroatoms. The molecular weight excluding hydrogens is 376 g/mol. The molecule has 0 aliphatic heterocycles. The lowest BCUT2D eigenvalue weighted by molar-refractivity contribution is -0.126. The van der Waals surface area contributed by atoms with Crippen LogP contribution in [-0.2, 0) is 4.79 Å². The molecule has 5 nitrogen and oxygen atoms in total. The first kappa shape index (κ1) is 22.1. The van der Waals surface area contributed by atoms with Crippen LogP contribution in [0.4, 0.5) is 0 Å². The van der Waals surface area contributed by atoms with Crippen molar-refractivity contribution in [2.75, 3.05) is 14.2 Å². The van der Waals surface area contributed by atoms with Crippen LogP contribution < -0.4 is 20.5 Å². The number of benzene rings is 2. The average Bonchev–Trinajstić information content (AvgIpc) is 2.71. The van der Waals surface area contributed by atoms with Gasteiger partial charge < -0.3 is 20.5 Å². The maximum atomic E-state index is 13.0. The summed E-state index contributed by atoms with van der Waals surface area (Å²) in [4.78, 5) is 13.0. The molecule has 2 aromatic carbocycles. The lowest BCUT2D eigenvalue weighted by atomic mass is 9.85. The molecule has 1 amide bonds. The van der Waals surface area contributed by atoms with Crippen LogP contribution in [0.1, 0.15) is 42.9 Å². The third kappa shape index (κ3) is 5.40. The van der Waals surface area contributed by atoms with Gasteiger partial charge in [0.2, 0.25) is 5.91 Å². The van der Waals surface area contributed by atoms with E-state index in [0.717, 1.165) is 48.3 Å². The summed E-state index contributed by atoms with van der Waals surface area (Å²) in [6, 6.07) is 15.4. The maximum absolute atomic E-state index is 13.0. The number of rotatable bonds is 6. The van der Waals surface area contributed by atoms with E-state index in [0.29, 0.717) is 0 Å². The fraction of sp³-hybridized carbons (Fsp3) is 0.409. The number of nitrogens with two attached hydrogens (primary N) is 1. The first-order valence-electron chi connectivity index (χ1n) is 9.44. The first-order valence-corrected chi connectivity index (χ1v) is 9.44. The van der Waals surface area contributed by atoms with Gasteiger partial charge in [-0.2, -0.15) is 0 Å². The van der Waals surface area contributed by atoms with E-state index in [4.69, 9.17) is 15.2 Å². The Labute approximate surface area is 173 Å². The highest BCUT2D eigenvalue weighted by Gasteiger charge is 2.28. The molecule has 152 valence electrons. The standard InChI is InChI=1S/C22H28N2O3.ClH/c1-26-19-10-4-6-15(13-19)21(16-7-5-11-20(14-16)27-2)24-22(25)17-8-3-9-18(23)12-17;/h4-7,10-11,13-14,17-18,21H,3,8-9,12,23H2,1-2H3,(H,24,25);1H. The zero-order valence-corrected chi connectivity index (χ0v) is 17.2. The average molecular weight is 405 g/mol. The molecule has 2 aromatic rings. The van der Waals surface area contributed by atoms with Gasteiger partial charge in [0.1, 0.15) is 11.5 Å². The molecule has 0 radical (unpaired) electrons. The maximum Gasteiger partial charge on any atom is 0.223 e. The van der Waals surface area contributed by atoms with Gasteiger partial charge in [-0.05, 0) is 54.7 Å². The fourth-order valence-electron chi connectivity index (χ4n) is 3.73. The van der Waals surface area contributed by atoms with Crippen molar-refractivity contribution in [1.29, 1.82) is 0 Å². The van der Waals surface area contributed by atoms with E-state index in [-0.39, 0.29) is 36.3 Å². The molecule has 3 N–H and O–H groups in total. The number of carbonyl (C=O) groups is 1. The monoisotopic (exact) mass is 404 g/mol. The summed E-state index contributed by atoms with van der Waals surface area (Å²) in [7, 11) is 3.28. The molecule has 1 saturated carbocycles. The van der Waals surface area contributed by atoms with Gasteiger partial charge in [-0.15, -0.1) is 12.4 Å². The first-order chi connectivity index (χ1) is 13.1. The highest BCUT2D eigenvalue weighted by molar-refractivity contribution is 5.85. The van der Waals surface area contributed by atoms with E-state index < -0.39 is 0 Å². The van der Waals surface area contributed by atoms with Crippen molar-refractivity contribution < 1.29 is 14.3 Å². The molecular formula is C22H29ClN2O3. The second-order valence-corrected chi connectivity index (χ2v) is 7.12. The molecule has 1 fully saturated rings. The lowest BCUT2D eigenvalue weighted by Gasteiger charge is -2.28. The number of halogens is 1. The van der Waals surface area contributed by atoms with Gasteiger partial charge in [-0.1, -0.05) is 30.7 Å². The van der Waals surface area contributed by atoms with Crippen LogP contribution in [0.15, 0.2) is 48.5 Å². The number of hydrogen-bond acceptors (Lipinski definition) is 4. The highest BCUT2D eigenvalue weighted by Crippen LogP contribution is 2.30. The number of methoxy groups -OCH3 is 2. The molecule has 3 rings (SSSR count). The number of amides is 1. The molecule has 2 unspecified atom stereocenters. The predicted octanol–water partition coefficient (Wildman–Crippen LogP) is 3.85.